The van der Waals surface area contributed by atoms with Crippen LogP contribution in [-0.4, -0.2) is 60.6 Å². The first-order valence-corrected chi connectivity index (χ1v) is 14.3. The third-order valence-corrected chi connectivity index (χ3v) is 7.95. The number of amides is 1. The maximum atomic E-state index is 13.3. The summed E-state index contributed by atoms with van der Waals surface area (Å²) in [4.78, 5) is 16.1. The van der Waals surface area contributed by atoms with Crippen molar-refractivity contribution in [3.8, 4) is 28.7 Å². The molecule has 40 heavy (non-hydrogen) atoms. The third-order valence-electron chi connectivity index (χ3n) is 6.66. The summed E-state index contributed by atoms with van der Waals surface area (Å²) in [6, 6.07) is 19.2. The molecule has 4 rings (SSSR count). The van der Waals surface area contributed by atoms with Crippen molar-refractivity contribution in [2.75, 3.05) is 59.6 Å². The van der Waals surface area contributed by atoms with Gasteiger partial charge in [-0.1, -0.05) is 18.2 Å². The predicted molar refractivity (Wildman–Crippen MR) is 159 cm³/mol. The molecule has 214 valence electrons. The number of rotatable bonds is 15. The summed E-state index contributed by atoms with van der Waals surface area (Å²) in [6.45, 7) is 2.85. The summed E-state index contributed by atoms with van der Waals surface area (Å²) in [5.41, 5.74) is 1.76. The molecule has 8 nitrogen and oxygen atoms in total. The minimum Gasteiger partial charge on any atom is -0.497 e. The topological polar surface area (TPSA) is 78.5 Å². The molecule has 3 aromatic carbocycles. The van der Waals surface area contributed by atoms with E-state index < -0.39 is 5.25 Å². The molecule has 1 aliphatic rings. The van der Waals surface area contributed by atoms with Crippen molar-refractivity contribution >= 4 is 23.4 Å². The van der Waals surface area contributed by atoms with Crippen LogP contribution in [0.4, 0.5) is 5.69 Å². The van der Waals surface area contributed by atoms with Gasteiger partial charge in [0.25, 0.3) is 0 Å². The first kappa shape index (κ1) is 29.4. The maximum absolute atomic E-state index is 13.3. The predicted octanol–water partition coefficient (Wildman–Crippen LogP) is 5.74. The molecule has 9 heteroatoms. The quantitative estimate of drug-likeness (QED) is 0.234. The number of nitrogens with one attached hydrogen (secondary N) is 1. The van der Waals surface area contributed by atoms with Crippen molar-refractivity contribution < 1.29 is 28.5 Å². The standard InChI is InChI=1S/C31H38N2O6S/c1-33-24-11-5-6-14-28(24)40-30(31(33)34)23-21-22(35-2)15-16-25(23)38-19-8-7-17-32-18-10-20-39-29-26(36-3)12-9-13-27(29)37-4/h5-6,9,11-16,21,30,32H,7-8,10,17-20H2,1-4H3. The van der Waals surface area contributed by atoms with Crippen LogP contribution in [0.1, 0.15) is 30.1 Å². The van der Waals surface area contributed by atoms with Crippen LogP contribution in [0.5, 0.6) is 28.7 Å². The average Bonchev–Trinajstić information content (AvgIpc) is 2.99. The number of methoxy groups -OCH3 is 3. The van der Waals surface area contributed by atoms with E-state index in [0.717, 1.165) is 54.2 Å². The Morgan fingerprint density at radius 2 is 1.52 bits per heavy atom. The van der Waals surface area contributed by atoms with E-state index >= 15 is 0 Å². The SMILES string of the molecule is COc1ccc(OCCCCNCCCOc2c(OC)cccc2OC)c(C2Sc3ccccc3N(C)C2=O)c1. The van der Waals surface area contributed by atoms with E-state index in [1.807, 2.05) is 67.7 Å². The molecule has 0 saturated heterocycles. The van der Waals surface area contributed by atoms with Gasteiger partial charge >= 0.3 is 0 Å². The van der Waals surface area contributed by atoms with Gasteiger partial charge in [0.2, 0.25) is 11.7 Å². The smallest absolute Gasteiger partial charge is 0.244 e. The Balaban J connectivity index is 1.21. The Bertz CT molecular complexity index is 1250. The number of nitrogens with zero attached hydrogens (tertiary/aromatic N) is 1. The number of unbranched alkanes of at least 4 members (excludes halogenated alkanes) is 1. The second kappa shape index (κ2) is 14.7. The highest BCUT2D eigenvalue weighted by Crippen LogP contribution is 2.48. The Labute approximate surface area is 240 Å². The molecule has 1 amide bonds. The van der Waals surface area contributed by atoms with Gasteiger partial charge < -0.3 is 33.9 Å². The molecule has 1 atom stereocenters. The molecule has 0 aliphatic carbocycles. The molecule has 1 N–H and O–H groups in total. The highest BCUT2D eigenvalue weighted by Gasteiger charge is 2.34. The lowest BCUT2D eigenvalue weighted by Crippen LogP contribution is -2.33. The highest BCUT2D eigenvalue weighted by molar-refractivity contribution is 8.00. The van der Waals surface area contributed by atoms with Crippen LogP contribution in [0.15, 0.2) is 65.6 Å². The summed E-state index contributed by atoms with van der Waals surface area (Å²) in [5, 5.41) is 3.06. The number of anilines is 1. The van der Waals surface area contributed by atoms with Crippen molar-refractivity contribution in [3.05, 3.63) is 66.2 Å². The molecule has 0 aromatic heterocycles. The fourth-order valence-corrected chi connectivity index (χ4v) is 5.79. The van der Waals surface area contributed by atoms with E-state index in [4.69, 9.17) is 23.7 Å². The van der Waals surface area contributed by atoms with E-state index in [0.29, 0.717) is 36.2 Å². The minimum atomic E-state index is -0.398. The van der Waals surface area contributed by atoms with Gasteiger partial charge in [-0.3, -0.25) is 4.79 Å². The van der Waals surface area contributed by atoms with Crippen molar-refractivity contribution in [2.24, 2.45) is 0 Å². The first-order chi connectivity index (χ1) is 19.6. The molecule has 0 fully saturated rings. The second-order valence-electron chi connectivity index (χ2n) is 9.27. The number of fused-ring (bicyclic) bond motifs is 1. The summed E-state index contributed by atoms with van der Waals surface area (Å²) in [6.07, 6.45) is 2.72. The van der Waals surface area contributed by atoms with Crippen LogP contribution >= 0.6 is 11.8 Å². The molecule has 0 spiro atoms. The van der Waals surface area contributed by atoms with Crippen molar-refractivity contribution in [2.45, 2.75) is 29.4 Å². The monoisotopic (exact) mass is 566 g/mol. The lowest BCUT2D eigenvalue weighted by Gasteiger charge is -2.32. The largest absolute Gasteiger partial charge is 0.497 e. The van der Waals surface area contributed by atoms with E-state index in [2.05, 4.69) is 5.32 Å². The van der Waals surface area contributed by atoms with E-state index in [1.54, 1.807) is 38.0 Å². The first-order valence-electron chi connectivity index (χ1n) is 13.5. The van der Waals surface area contributed by atoms with E-state index in [9.17, 15) is 4.79 Å². The average molecular weight is 567 g/mol. The lowest BCUT2D eigenvalue weighted by molar-refractivity contribution is -0.118. The number of benzene rings is 3. The number of carbonyl (C=O) groups is 1. The summed E-state index contributed by atoms with van der Waals surface area (Å²) >= 11 is 1.55. The van der Waals surface area contributed by atoms with Crippen LogP contribution in [-0.2, 0) is 4.79 Å². The van der Waals surface area contributed by atoms with Gasteiger partial charge in [-0.25, -0.2) is 0 Å². The molecule has 1 unspecified atom stereocenters. The molecule has 1 aliphatic heterocycles. The number of hydrogen-bond acceptors (Lipinski definition) is 8. The van der Waals surface area contributed by atoms with Crippen LogP contribution in [0.2, 0.25) is 0 Å². The third kappa shape index (κ3) is 7.14. The minimum absolute atomic E-state index is 0.0270. The zero-order valence-electron chi connectivity index (χ0n) is 23.6. The summed E-state index contributed by atoms with van der Waals surface area (Å²) in [5.74, 6) is 3.41. The molecule has 1 heterocycles. The Kier molecular flexibility index (Phi) is 10.8. The summed E-state index contributed by atoms with van der Waals surface area (Å²) < 4.78 is 28.3. The number of carbonyl (C=O) groups excluding carboxylic acids is 1. The van der Waals surface area contributed by atoms with Crippen molar-refractivity contribution in [1.82, 2.24) is 5.32 Å². The van der Waals surface area contributed by atoms with Crippen molar-refractivity contribution in [1.29, 1.82) is 0 Å². The second-order valence-corrected chi connectivity index (χ2v) is 10.4. The number of para-hydroxylation sites is 2. The number of ether oxygens (including phenoxy) is 5. The molecule has 0 bridgehead atoms. The fourth-order valence-electron chi connectivity index (χ4n) is 4.48. The normalized spacial score (nSPS) is 14.4. The molecule has 0 radical (unpaired) electrons. The van der Waals surface area contributed by atoms with Crippen LogP contribution < -0.4 is 33.9 Å². The van der Waals surface area contributed by atoms with Gasteiger partial charge in [0, 0.05) is 17.5 Å². The number of hydrogen-bond donors (Lipinski definition) is 1. The summed E-state index contributed by atoms with van der Waals surface area (Å²) in [7, 11) is 6.69. The molecular weight excluding hydrogens is 528 g/mol. The Morgan fingerprint density at radius 1 is 0.800 bits per heavy atom. The van der Waals surface area contributed by atoms with Gasteiger partial charge in [-0.15, -0.1) is 11.8 Å². The lowest BCUT2D eigenvalue weighted by atomic mass is 10.1. The zero-order chi connectivity index (χ0) is 28.3. The van der Waals surface area contributed by atoms with Crippen LogP contribution in [0, 0.1) is 0 Å². The van der Waals surface area contributed by atoms with Crippen LogP contribution in [0.25, 0.3) is 0 Å². The molecular formula is C31H38N2O6S. The zero-order valence-corrected chi connectivity index (χ0v) is 24.4. The molecule has 3 aromatic rings. The van der Waals surface area contributed by atoms with Crippen molar-refractivity contribution in [3.63, 3.8) is 0 Å². The van der Waals surface area contributed by atoms with Gasteiger partial charge in [0.05, 0.1) is 40.2 Å². The maximum Gasteiger partial charge on any atom is 0.244 e. The van der Waals surface area contributed by atoms with Gasteiger partial charge in [-0.05, 0) is 74.8 Å². The fraction of sp³-hybridized carbons (Fsp3) is 0.387. The van der Waals surface area contributed by atoms with E-state index in [1.165, 1.54) is 0 Å². The van der Waals surface area contributed by atoms with Crippen LogP contribution in [0.3, 0.4) is 0 Å². The highest BCUT2D eigenvalue weighted by atomic mass is 32.2. The Morgan fingerprint density at radius 3 is 2.27 bits per heavy atom. The Hall–Kier alpha value is -3.56. The van der Waals surface area contributed by atoms with Gasteiger partial charge in [0.1, 0.15) is 16.7 Å². The van der Waals surface area contributed by atoms with Gasteiger partial charge in [-0.2, -0.15) is 0 Å². The van der Waals surface area contributed by atoms with E-state index in [-0.39, 0.29) is 5.91 Å². The number of thioether (sulfide) groups is 1. The molecule has 0 saturated carbocycles. The van der Waals surface area contributed by atoms with Gasteiger partial charge in [0.15, 0.2) is 11.5 Å². The number of likely N-dealkylation sites (N-methyl/N-ethyl adjacent to an activating group) is 1.